The molecule has 1 aromatic rings. The van der Waals surface area contributed by atoms with Gasteiger partial charge in [0.15, 0.2) is 5.75 Å². The van der Waals surface area contributed by atoms with E-state index in [1.807, 2.05) is 0 Å². The van der Waals surface area contributed by atoms with E-state index in [4.69, 9.17) is 39.5 Å². The lowest BCUT2D eigenvalue weighted by Crippen LogP contribution is -2.33. The molecule has 1 aliphatic carbocycles. The highest BCUT2D eigenvalue weighted by atomic mass is 35.5. The highest BCUT2D eigenvalue weighted by Gasteiger charge is 2.45. The van der Waals surface area contributed by atoms with E-state index in [0.29, 0.717) is 20.8 Å². The minimum Gasteiger partial charge on any atom is -0.483 e. The Morgan fingerprint density at radius 1 is 1.22 bits per heavy atom. The lowest BCUT2D eigenvalue weighted by atomic mass is 10.3. The number of hydrogen-bond acceptors (Lipinski definition) is 2. The Labute approximate surface area is 123 Å². The molecule has 2 rings (SSSR count). The summed E-state index contributed by atoms with van der Waals surface area (Å²) in [6.45, 7) is 3.96. The molecule has 5 heteroatoms. The molecule has 0 unspecified atom stereocenters. The first kappa shape index (κ1) is 14.3. The molecule has 1 fully saturated rings. The van der Waals surface area contributed by atoms with Crippen LogP contribution in [0.2, 0.25) is 15.1 Å². The van der Waals surface area contributed by atoms with Crippen LogP contribution in [0.4, 0.5) is 0 Å². The largest absolute Gasteiger partial charge is 0.483 e. The first-order valence-corrected chi connectivity index (χ1v) is 7.24. The monoisotopic (exact) mass is 307 g/mol. The molecule has 100 valence electrons. The fourth-order valence-electron chi connectivity index (χ4n) is 1.79. The molecular weight excluding hydrogens is 293 g/mol. The number of halogens is 3. The topological polar surface area (TPSA) is 21.3 Å². The number of nitrogens with one attached hydrogen (secondary N) is 1. The van der Waals surface area contributed by atoms with E-state index in [0.717, 1.165) is 32.4 Å². The van der Waals surface area contributed by atoms with Gasteiger partial charge in [0.05, 0.1) is 10.0 Å². The summed E-state index contributed by atoms with van der Waals surface area (Å²) < 4.78 is 5.99. The smallest absolute Gasteiger partial charge is 0.157 e. The predicted octanol–water partition coefficient (Wildman–Crippen LogP) is 4.56. The molecule has 0 spiro atoms. The SMILES string of the molecule is CCCNCC1(Oc2c(Cl)cc(Cl)cc2Cl)CC1. The van der Waals surface area contributed by atoms with Gasteiger partial charge in [-0.2, -0.15) is 0 Å². The van der Waals surface area contributed by atoms with Gasteiger partial charge in [0.25, 0.3) is 0 Å². The molecule has 1 N–H and O–H groups in total. The van der Waals surface area contributed by atoms with Gasteiger partial charge in [-0.05, 0) is 37.9 Å². The molecule has 1 aromatic carbocycles. The van der Waals surface area contributed by atoms with Crippen molar-refractivity contribution >= 4 is 34.8 Å². The van der Waals surface area contributed by atoms with Crippen molar-refractivity contribution in [1.29, 1.82) is 0 Å². The van der Waals surface area contributed by atoms with E-state index >= 15 is 0 Å². The minimum atomic E-state index is -0.143. The zero-order valence-electron chi connectivity index (χ0n) is 10.2. The van der Waals surface area contributed by atoms with Crippen LogP contribution < -0.4 is 10.1 Å². The van der Waals surface area contributed by atoms with Gasteiger partial charge < -0.3 is 10.1 Å². The van der Waals surface area contributed by atoms with Crippen LogP contribution in [0, 0.1) is 0 Å². The Bertz CT molecular complexity index is 409. The summed E-state index contributed by atoms with van der Waals surface area (Å²) in [6.07, 6.45) is 3.16. The van der Waals surface area contributed by atoms with Gasteiger partial charge >= 0.3 is 0 Å². The van der Waals surface area contributed by atoms with Gasteiger partial charge in [0.1, 0.15) is 5.60 Å². The first-order chi connectivity index (χ1) is 8.56. The Morgan fingerprint density at radius 2 is 1.83 bits per heavy atom. The van der Waals surface area contributed by atoms with E-state index in [1.165, 1.54) is 0 Å². The van der Waals surface area contributed by atoms with E-state index < -0.39 is 0 Å². The average Bonchev–Trinajstić information content (AvgIpc) is 3.05. The second-order valence-corrected chi connectivity index (χ2v) is 5.91. The Hall–Kier alpha value is -0.150. The van der Waals surface area contributed by atoms with Crippen molar-refractivity contribution in [3.05, 3.63) is 27.2 Å². The van der Waals surface area contributed by atoms with Crippen molar-refractivity contribution in [2.75, 3.05) is 13.1 Å². The highest BCUT2D eigenvalue weighted by Crippen LogP contribution is 2.45. The number of hydrogen-bond donors (Lipinski definition) is 1. The molecule has 18 heavy (non-hydrogen) atoms. The van der Waals surface area contributed by atoms with Gasteiger partial charge in [0.2, 0.25) is 0 Å². The molecule has 0 saturated heterocycles. The fourth-order valence-corrected chi connectivity index (χ4v) is 2.68. The summed E-state index contributed by atoms with van der Waals surface area (Å²) in [7, 11) is 0. The van der Waals surface area contributed by atoms with Gasteiger partial charge in [-0.25, -0.2) is 0 Å². The molecule has 0 aromatic heterocycles. The molecule has 2 nitrogen and oxygen atoms in total. The lowest BCUT2D eigenvalue weighted by molar-refractivity contribution is 0.176. The van der Waals surface area contributed by atoms with Crippen molar-refractivity contribution in [1.82, 2.24) is 5.32 Å². The zero-order valence-corrected chi connectivity index (χ0v) is 12.5. The maximum absolute atomic E-state index is 6.12. The normalized spacial score (nSPS) is 16.7. The van der Waals surface area contributed by atoms with Crippen LogP contribution in [0.25, 0.3) is 0 Å². The van der Waals surface area contributed by atoms with Gasteiger partial charge in [-0.15, -0.1) is 0 Å². The van der Waals surface area contributed by atoms with Crippen LogP contribution in [0.5, 0.6) is 5.75 Å². The predicted molar refractivity (Wildman–Crippen MR) is 77.2 cm³/mol. The molecule has 0 aliphatic heterocycles. The lowest BCUT2D eigenvalue weighted by Gasteiger charge is -2.20. The van der Waals surface area contributed by atoms with Crippen molar-refractivity contribution in [2.24, 2.45) is 0 Å². The molecule has 0 heterocycles. The second-order valence-electron chi connectivity index (χ2n) is 4.66. The highest BCUT2D eigenvalue weighted by molar-refractivity contribution is 6.40. The summed E-state index contributed by atoms with van der Waals surface area (Å²) >= 11 is 18.1. The summed E-state index contributed by atoms with van der Waals surface area (Å²) in [4.78, 5) is 0. The maximum atomic E-state index is 6.12. The van der Waals surface area contributed by atoms with E-state index in [2.05, 4.69) is 12.2 Å². The second kappa shape index (κ2) is 5.87. The minimum absolute atomic E-state index is 0.143. The van der Waals surface area contributed by atoms with E-state index in [-0.39, 0.29) is 5.60 Å². The third-order valence-electron chi connectivity index (χ3n) is 2.96. The summed E-state index contributed by atoms with van der Waals surface area (Å²) in [5.74, 6) is 0.540. The fraction of sp³-hybridized carbons (Fsp3) is 0.538. The quantitative estimate of drug-likeness (QED) is 0.778. The molecule has 1 aliphatic rings. The van der Waals surface area contributed by atoms with E-state index in [9.17, 15) is 0 Å². The third-order valence-corrected chi connectivity index (χ3v) is 3.74. The van der Waals surface area contributed by atoms with Crippen LogP contribution in [-0.4, -0.2) is 18.7 Å². The summed E-state index contributed by atoms with van der Waals surface area (Å²) in [5.41, 5.74) is -0.143. The van der Waals surface area contributed by atoms with Crippen molar-refractivity contribution < 1.29 is 4.74 Å². The molecule has 0 atom stereocenters. The number of ether oxygens (including phenoxy) is 1. The van der Waals surface area contributed by atoms with Crippen LogP contribution in [0.1, 0.15) is 26.2 Å². The van der Waals surface area contributed by atoms with Gasteiger partial charge in [0, 0.05) is 11.6 Å². The van der Waals surface area contributed by atoms with Crippen LogP contribution in [0.3, 0.4) is 0 Å². The van der Waals surface area contributed by atoms with E-state index in [1.54, 1.807) is 12.1 Å². The zero-order chi connectivity index (χ0) is 13.2. The molecular formula is C13H16Cl3NO. The molecule has 0 radical (unpaired) electrons. The maximum Gasteiger partial charge on any atom is 0.157 e. The van der Waals surface area contributed by atoms with Crippen LogP contribution in [0.15, 0.2) is 12.1 Å². The third kappa shape index (κ3) is 3.45. The standard InChI is InChI=1S/C13H16Cl3NO/c1-2-5-17-8-13(3-4-13)18-12-10(15)6-9(14)7-11(12)16/h6-7,17H,2-5,8H2,1H3. The summed E-state index contributed by atoms with van der Waals surface area (Å²) in [6, 6.07) is 3.31. The van der Waals surface area contributed by atoms with Crippen molar-refractivity contribution in [3.8, 4) is 5.75 Å². The van der Waals surface area contributed by atoms with Crippen molar-refractivity contribution in [3.63, 3.8) is 0 Å². The molecule has 0 amide bonds. The Balaban J connectivity index is 2.05. The first-order valence-electron chi connectivity index (χ1n) is 6.10. The summed E-state index contributed by atoms with van der Waals surface area (Å²) in [5, 5.41) is 4.82. The Morgan fingerprint density at radius 3 is 2.33 bits per heavy atom. The van der Waals surface area contributed by atoms with Crippen LogP contribution >= 0.6 is 34.8 Å². The van der Waals surface area contributed by atoms with Gasteiger partial charge in [-0.3, -0.25) is 0 Å². The number of benzene rings is 1. The van der Waals surface area contributed by atoms with Crippen LogP contribution in [-0.2, 0) is 0 Å². The average molecular weight is 309 g/mol. The van der Waals surface area contributed by atoms with Gasteiger partial charge in [-0.1, -0.05) is 41.7 Å². The Kier molecular flexibility index (Phi) is 4.65. The molecule has 0 bridgehead atoms. The van der Waals surface area contributed by atoms with Crippen molar-refractivity contribution in [2.45, 2.75) is 31.8 Å². The molecule has 1 saturated carbocycles. The number of rotatable bonds is 6.